The fraction of sp³-hybridized carbons (Fsp3) is 0.250. The molecule has 0 fully saturated rings. The molecule has 6 heteroatoms. The van der Waals surface area contributed by atoms with E-state index in [-0.39, 0.29) is 5.91 Å². The van der Waals surface area contributed by atoms with Gasteiger partial charge in [-0.1, -0.05) is 23.2 Å². The van der Waals surface area contributed by atoms with Crippen molar-refractivity contribution >= 4 is 40.5 Å². The maximum Gasteiger partial charge on any atom is 0.255 e. The van der Waals surface area contributed by atoms with E-state index in [0.717, 1.165) is 0 Å². The second-order valence-electron chi connectivity index (χ2n) is 4.69. The Labute approximate surface area is 140 Å². The van der Waals surface area contributed by atoms with Crippen LogP contribution in [-0.4, -0.2) is 28.9 Å². The second-order valence-corrected chi connectivity index (χ2v) is 5.53. The number of carbonyl (C=O) groups excluding carboxylic acids is 1. The number of hydrogen-bond acceptors (Lipinski definition) is 3. The predicted octanol–water partition coefficient (Wildman–Crippen LogP) is 4.61. The van der Waals surface area contributed by atoms with Gasteiger partial charge in [-0.15, -0.1) is 0 Å². The Kier molecular flexibility index (Phi) is 5.63. The summed E-state index contributed by atoms with van der Waals surface area (Å²) < 4.78 is 0. The van der Waals surface area contributed by atoms with Crippen LogP contribution >= 0.6 is 23.2 Å². The average molecular weight is 338 g/mol. The van der Waals surface area contributed by atoms with E-state index < -0.39 is 0 Å². The van der Waals surface area contributed by atoms with Gasteiger partial charge in [0.05, 0.1) is 28.2 Å². The SMILES string of the molecule is CCN(CC)C(=O)c1cncc(Nc2ccc(Cl)cc2Cl)c1. The molecule has 4 nitrogen and oxygen atoms in total. The first-order valence-electron chi connectivity index (χ1n) is 7.01. The van der Waals surface area contributed by atoms with Crippen molar-refractivity contribution in [1.82, 2.24) is 9.88 Å². The molecular weight excluding hydrogens is 321 g/mol. The Hall–Kier alpha value is -1.78. The van der Waals surface area contributed by atoms with Gasteiger partial charge in [-0.05, 0) is 38.1 Å². The number of amides is 1. The van der Waals surface area contributed by atoms with Crippen LogP contribution in [0.1, 0.15) is 24.2 Å². The first-order chi connectivity index (χ1) is 10.5. The Morgan fingerprint density at radius 1 is 1.18 bits per heavy atom. The fourth-order valence-electron chi connectivity index (χ4n) is 2.06. The zero-order valence-electron chi connectivity index (χ0n) is 12.4. The van der Waals surface area contributed by atoms with Crippen LogP contribution in [0.15, 0.2) is 36.7 Å². The quantitative estimate of drug-likeness (QED) is 0.866. The molecule has 0 atom stereocenters. The van der Waals surface area contributed by atoms with Gasteiger partial charge in [0.25, 0.3) is 5.91 Å². The third-order valence-corrected chi connectivity index (χ3v) is 3.79. The van der Waals surface area contributed by atoms with Gasteiger partial charge in [-0.25, -0.2) is 0 Å². The summed E-state index contributed by atoms with van der Waals surface area (Å²) in [6.45, 7) is 5.22. The summed E-state index contributed by atoms with van der Waals surface area (Å²) in [6.07, 6.45) is 3.21. The molecule has 0 aliphatic rings. The number of rotatable bonds is 5. The summed E-state index contributed by atoms with van der Waals surface area (Å²) in [6, 6.07) is 6.94. The van der Waals surface area contributed by atoms with Gasteiger partial charge >= 0.3 is 0 Å². The lowest BCUT2D eigenvalue weighted by Crippen LogP contribution is -2.30. The van der Waals surface area contributed by atoms with Crippen molar-refractivity contribution in [3.63, 3.8) is 0 Å². The van der Waals surface area contributed by atoms with E-state index in [1.807, 2.05) is 13.8 Å². The molecule has 0 radical (unpaired) electrons. The topological polar surface area (TPSA) is 45.2 Å². The molecule has 116 valence electrons. The van der Waals surface area contributed by atoms with Crippen molar-refractivity contribution < 1.29 is 4.79 Å². The van der Waals surface area contributed by atoms with Crippen molar-refractivity contribution in [2.75, 3.05) is 18.4 Å². The minimum absolute atomic E-state index is 0.0386. The van der Waals surface area contributed by atoms with Gasteiger partial charge in [0.2, 0.25) is 0 Å². The first kappa shape index (κ1) is 16.6. The number of pyridine rings is 1. The van der Waals surface area contributed by atoms with Gasteiger partial charge in [0.1, 0.15) is 0 Å². The minimum atomic E-state index is -0.0386. The van der Waals surface area contributed by atoms with E-state index in [0.29, 0.717) is 40.1 Å². The lowest BCUT2D eigenvalue weighted by molar-refractivity contribution is 0.0772. The van der Waals surface area contributed by atoms with Crippen LogP contribution in [-0.2, 0) is 0 Å². The molecule has 0 saturated carbocycles. The molecule has 1 amide bonds. The largest absolute Gasteiger partial charge is 0.353 e. The van der Waals surface area contributed by atoms with Crippen LogP contribution < -0.4 is 5.32 Å². The third kappa shape index (κ3) is 3.90. The smallest absolute Gasteiger partial charge is 0.255 e. The Morgan fingerprint density at radius 3 is 2.55 bits per heavy atom. The highest BCUT2D eigenvalue weighted by Crippen LogP contribution is 2.28. The van der Waals surface area contributed by atoms with E-state index in [9.17, 15) is 4.79 Å². The number of benzene rings is 1. The summed E-state index contributed by atoms with van der Waals surface area (Å²) >= 11 is 12.0. The van der Waals surface area contributed by atoms with Crippen LogP contribution in [0, 0.1) is 0 Å². The molecule has 22 heavy (non-hydrogen) atoms. The molecule has 1 heterocycles. The lowest BCUT2D eigenvalue weighted by Gasteiger charge is -2.18. The molecule has 2 aromatic rings. The summed E-state index contributed by atoms with van der Waals surface area (Å²) in [4.78, 5) is 18.2. The summed E-state index contributed by atoms with van der Waals surface area (Å²) in [5.41, 5.74) is 1.95. The first-order valence-corrected chi connectivity index (χ1v) is 7.77. The molecule has 2 rings (SSSR count). The highest BCUT2D eigenvalue weighted by atomic mass is 35.5. The van der Waals surface area contributed by atoms with Crippen LogP contribution in [0.2, 0.25) is 10.0 Å². The molecule has 0 unspecified atom stereocenters. The molecule has 0 aliphatic carbocycles. The van der Waals surface area contributed by atoms with E-state index in [4.69, 9.17) is 23.2 Å². The fourth-order valence-corrected chi connectivity index (χ4v) is 2.52. The van der Waals surface area contributed by atoms with Crippen molar-refractivity contribution in [2.24, 2.45) is 0 Å². The maximum atomic E-state index is 12.3. The number of halogens is 2. The molecule has 0 aliphatic heterocycles. The highest BCUT2D eigenvalue weighted by molar-refractivity contribution is 6.36. The number of hydrogen-bond donors (Lipinski definition) is 1. The maximum absolute atomic E-state index is 12.3. The second kappa shape index (κ2) is 7.47. The number of aromatic nitrogens is 1. The number of carbonyl (C=O) groups is 1. The Morgan fingerprint density at radius 2 is 1.91 bits per heavy atom. The zero-order chi connectivity index (χ0) is 16.1. The Bertz CT molecular complexity index is 672. The summed E-state index contributed by atoms with van der Waals surface area (Å²) in [5.74, 6) is -0.0386. The van der Waals surface area contributed by atoms with Gasteiger partial charge in [-0.2, -0.15) is 0 Å². The minimum Gasteiger partial charge on any atom is -0.353 e. The van der Waals surface area contributed by atoms with Crippen LogP contribution in [0.5, 0.6) is 0 Å². The molecule has 0 spiro atoms. The normalized spacial score (nSPS) is 10.4. The van der Waals surface area contributed by atoms with Crippen LogP contribution in [0.3, 0.4) is 0 Å². The van der Waals surface area contributed by atoms with Crippen molar-refractivity contribution in [3.8, 4) is 0 Å². The van der Waals surface area contributed by atoms with Gasteiger partial charge < -0.3 is 10.2 Å². The molecule has 1 aromatic carbocycles. The van der Waals surface area contributed by atoms with Gasteiger partial charge in [-0.3, -0.25) is 9.78 Å². The van der Waals surface area contributed by atoms with E-state index >= 15 is 0 Å². The number of nitrogens with one attached hydrogen (secondary N) is 1. The van der Waals surface area contributed by atoms with Gasteiger partial charge in [0.15, 0.2) is 0 Å². The lowest BCUT2D eigenvalue weighted by atomic mass is 10.2. The standard InChI is InChI=1S/C16H17Cl2N3O/c1-3-21(4-2)16(22)11-7-13(10-19-9-11)20-15-6-5-12(17)8-14(15)18/h5-10,20H,3-4H2,1-2H3. The molecule has 0 bridgehead atoms. The predicted molar refractivity (Wildman–Crippen MR) is 91.2 cm³/mol. The average Bonchev–Trinajstić information content (AvgIpc) is 2.51. The van der Waals surface area contributed by atoms with Gasteiger partial charge in [0, 0.05) is 24.3 Å². The van der Waals surface area contributed by atoms with Crippen LogP contribution in [0.25, 0.3) is 0 Å². The van der Waals surface area contributed by atoms with Crippen molar-refractivity contribution in [3.05, 3.63) is 52.3 Å². The summed E-state index contributed by atoms with van der Waals surface area (Å²) in [7, 11) is 0. The third-order valence-electron chi connectivity index (χ3n) is 3.25. The van der Waals surface area contributed by atoms with E-state index in [2.05, 4.69) is 10.3 Å². The number of anilines is 2. The molecule has 0 saturated heterocycles. The monoisotopic (exact) mass is 337 g/mol. The highest BCUT2D eigenvalue weighted by Gasteiger charge is 2.13. The van der Waals surface area contributed by atoms with E-state index in [1.54, 1.807) is 41.6 Å². The molecule has 1 aromatic heterocycles. The summed E-state index contributed by atoms with van der Waals surface area (Å²) in [5, 5.41) is 4.22. The van der Waals surface area contributed by atoms with E-state index in [1.165, 1.54) is 0 Å². The number of nitrogens with zero attached hydrogens (tertiary/aromatic N) is 2. The Balaban J connectivity index is 2.23. The van der Waals surface area contributed by atoms with Crippen molar-refractivity contribution in [1.29, 1.82) is 0 Å². The van der Waals surface area contributed by atoms with Crippen molar-refractivity contribution in [2.45, 2.75) is 13.8 Å². The van der Waals surface area contributed by atoms with Crippen LogP contribution in [0.4, 0.5) is 11.4 Å². The molecular formula is C16H17Cl2N3O. The molecule has 1 N–H and O–H groups in total. The zero-order valence-corrected chi connectivity index (χ0v) is 13.9.